The number of hydrogen-bond acceptors (Lipinski definition) is 7. The first-order valence-corrected chi connectivity index (χ1v) is 10.4. The molecular weight excluding hydrogens is 432 g/mol. The smallest absolute Gasteiger partial charge is 0.267 e. The van der Waals surface area contributed by atoms with Gasteiger partial charge in [0.05, 0.1) is 29.6 Å². The molecule has 1 atom stereocenters. The minimum Gasteiger partial charge on any atom is -0.452 e. The fraction of sp³-hybridized carbons (Fsp3) is 0.294. The topological polar surface area (TPSA) is 107 Å². The second-order valence-electron chi connectivity index (χ2n) is 6.07. The van der Waals surface area contributed by atoms with E-state index in [1.54, 1.807) is 11.8 Å². The molecule has 8 nitrogen and oxygen atoms in total. The number of sulfonamides is 1. The highest BCUT2D eigenvalue weighted by Crippen LogP contribution is 2.30. The Bertz CT molecular complexity index is 1020. The Balaban J connectivity index is 2.21. The van der Waals surface area contributed by atoms with Gasteiger partial charge >= 0.3 is 0 Å². The maximum Gasteiger partial charge on any atom is 0.267 e. The number of aromatic nitrogens is 1. The lowest BCUT2D eigenvalue weighted by Gasteiger charge is -2.15. The highest BCUT2D eigenvalue weighted by atomic mass is 35.5. The Labute approximate surface area is 171 Å². The van der Waals surface area contributed by atoms with E-state index in [0.717, 1.165) is 0 Å². The summed E-state index contributed by atoms with van der Waals surface area (Å²) in [5, 5.41) is 3.19. The number of benzene rings is 1. The molecule has 2 aromatic rings. The summed E-state index contributed by atoms with van der Waals surface area (Å²) in [6.45, 7) is 2.27. The summed E-state index contributed by atoms with van der Waals surface area (Å²) in [7, 11) is -2.39. The lowest BCUT2D eigenvalue weighted by atomic mass is 10.2. The largest absolute Gasteiger partial charge is 0.452 e. The molecule has 0 aliphatic heterocycles. The van der Waals surface area contributed by atoms with Crippen LogP contribution >= 0.6 is 11.6 Å². The van der Waals surface area contributed by atoms with E-state index in [4.69, 9.17) is 21.1 Å². The van der Waals surface area contributed by atoms with Crippen LogP contribution in [0.3, 0.4) is 0 Å². The van der Waals surface area contributed by atoms with Gasteiger partial charge < -0.3 is 14.8 Å². The second kappa shape index (κ2) is 9.33. The monoisotopic (exact) mass is 449 g/mol. The number of nitrogens with one attached hydrogen (secondary N) is 2. The maximum absolute atomic E-state index is 14.2. The van der Waals surface area contributed by atoms with Gasteiger partial charge in [-0.25, -0.2) is 26.9 Å². The Kier molecular flexibility index (Phi) is 7.33. The summed E-state index contributed by atoms with van der Waals surface area (Å²) in [6, 6.07) is 2.42. The quantitative estimate of drug-likeness (QED) is 0.638. The maximum atomic E-state index is 14.2. The van der Waals surface area contributed by atoms with Crippen molar-refractivity contribution in [3.63, 3.8) is 0 Å². The van der Waals surface area contributed by atoms with Crippen LogP contribution in [0.2, 0.25) is 5.02 Å². The summed E-state index contributed by atoms with van der Waals surface area (Å²) < 4.78 is 62.4. The van der Waals surface area contributed by atoms with Gasteiger partial charge in [-0.1, -0.05) is 11.6 Å². The van der Waals surface area contributed by atoms with E-state index in [-0.39, 0.29) is 16.8 Å². The van der Waals surface area contributed by atoms with Gasteiger partial charge in [0.1, 0.15) is 17.4 Å². The van der Waals surface area contributed by atoms with Gasteiger partial charge in [0.25, 0.3) is 5.91 Å². The predicted molar refractivity (Wildman–Crippen MR) is 103 cm³/mol. The van der Waals surface area contributed by atoms with Gasteiger partial charge in [-0.2, -0.15) is 0 Å². The van der Waals surface area contributed by atoms with Gasteiger partial charge in [-0.15, -0.1) is 0 Å². The Morgan fingerprint density at radius 2 is 1.97 bits per heavy atom. The van der Waals surface area contributed by atoms with E-state index in [1.807, 2.05) is 6.92 Å². The third-order valence-electron chi connectivity index (χ3n) is 3.39. The van der Waals surface area contributed by atoms with Gasteiger partial charge in [0, 0.05) is 25.3 Å². The highest BCUT2D eigenvalue weighted by Gasteiger charge is 2.20. The van der Waals surface area contributed by atoms with Crippen LogP contribution in [0, 0.1) is 11.6 Å². The lowest BCUT2D eigenvalue weighted by Crippen LogP contribution is -2.30. The van der Waals surface area contributed by atoms with Crippen LogP contribution < -0.4 is 14.8 Å². The number of amides is 1. The van der Waals surface area contributed by atoms with Crippen molar-refractivity contribution in [1.82, 2.24) is 9.71 Å². The van der Waals surface area contributed by atoms with E-state index in [2.05, 4.69) is 10.3 Å². The molecule has 0 unspecified atom stereocenters. The molecular formula is C17H18ClF2N3O5S. The fourth-order valence-corrected chi connectivity index (χ4v) is 2.90. The second-order valence-corrected chi connectivity index (χ2v) is 8.23. The van der Waals surface area contributed by atoms with Crippen LogP contribution in [0.5, 0.6) is 11.5 Å². The molecule has 2 rings (SSSR count). The first-order chi connectivity index (χ1) is 13.5. The Hall–Kier alpha value is -2.50. The average molecular weight is 450 g/mol. The van der Waals surface area contributed by atoms with Crippen molar-refractivity contribution >= 4 is 33.3 Å². The number of hydrogen-bond donors (Lipinski definition) is 2. The third kappa shape index (κ3) is 6.51. The number of methoxy groups -OCH3 is 1. The van der Waals surface area contributed by atoms with E-state index in [0.29, 0.717) is 30.8 Å². The fourth-order valence-electron chi connectivity index (χ4n) is 2.24. The molecule has 1 aromatic heterocycles. The zero-order valence-electron chi connectivity index (χ0n) is 15.6. The van der Waals surface area contributed by atoms with Crippen LogP contribution in [-0.2, 0) is 14.8 Å². The number of carbonyl (C=O) groups is 1. The molecule has 0 aliphatic carbocycles. The van der Waals surface area contributed by atoms with E-state index >= 15 is 0 Å². The van der Waals surface area contributed by atoms with Crippen LogP contribution in [0.1, 0.15) is 17.3 Å². The first kappa shape index (κ1) is 22.8. The zero-order valence-corrected chi connectivity index (χ0v) is 17.2. The molecule has 0 bridgehead atoms. The molecule has 0 fully saturated rings. The standard InChI is InChI=1S/C17H18ClF2N3O5S/c1-9(8-27-2)22-16-12(18)4-10(7-21-16)28-15-6-13(19)11(5-14(15)20)17(24)23-29(3,25)26/h4-7,9H,8H2,1-3H3,(H,21,22)(H,23,24)/t9-/m0/s1. The number of rotatable bonds is 8. The summed E-state index contributed by atoms with van der Waals surface area (Å²) >= 11 is 6.12. The molecule has 29 heavy (non-hydrogen) atoms. The van der Waals surface area contributed by atoms with Gasteiger partial charge in [0.2, 0.25) is 10.0 Å². The number of carbonyl (C=O) groups excluding carboxylic acids is 1. The van der Waals surface area contributed by atoms with Crippen molar-refractivity contribution in [3.8, 4) is 11.5 Å². The van der Waals surface area contributed by atoms with Crippen molar-refractivity contribution in [1.29, 1.82) is 0 Å². The highest BCUT2D eigenvalue weighted by molar-refractivity contribution is 7.89. The molecule has 12 heteroatoms. The molecule has 158 valence electrons. The molecule has 0 saturated heterocycles. The molecule has 1 aromatic carbocycles. The number of halogens is 3. The van der Waals surface area contributed by atoms with Crippen molar-refractivity contribution in [2.75, 3.05) is 25.3 Å². The minimum absolute atomic E-state index is 0.0200. The van der Waals surface area contributed by atoms with Crippen molar-refractivity contribution in [3.05, 3.63) is 46.6 Å². The average Bonchev–Trinajstić information content (AvgIpc) is 2.59. The molecule has 2 N–H and O–H groups in total. The molecule has 1 heterocycles. The van der Waals surface area contributed by atoms with Crippen molar-refractivity contribution in [2.24, 2.45) is 0 Å². The van der Waals surface area contributed by atoms with Gasteiger partial charge in [0.15, 0.2) is 11.6 Å². The third-order valence-corrected chi connectivity index (χ3v) is 4.23. The molecule has 0 aliphatic rings. The molecule has 1 amide bonds. The van der Waals surface area contributed by atoms with Crippen LogP contribution in [0.15, 0.2) is 24.4 Å². The number of pyridine rings is 1. The minimum atomic E-state index is -3.94. The lowest BCUT2D eigenvalue weighted by molar-refractivity contribution is 0.0977. The Morgan fingerprint density at radius 1 is 1.28 bits per heavy atom. The SMILES string of the molecule is COC[C@H](C)Nc1ncc(Oc2cc(F)c(C(=O)NS(C)(=O)=O)cc2F)cc1Cl. The number of nitrogens with zero attached hydrogens (tertiary/aromatic N) is 1. The van der Waals surface area contributed by atoms with Gasteiger partial charge in [-0.3, -0.25) is 4.79 Å². The molecule has 0 saturated carbocycles. The van der Waals surface area contributed by atoms with E-state index < -0.39 is 38.9 Å². The molecule has 0 spiro atoms. The van der Waals surface area contributed by atoms with Crippen molar-refractivity contribution in [2.45, 2.75) is 13.0 Å². The number of anilines is 1. The van der Waals surface area contributed by atoms with Gasteiger partial charge in [-0.05, 0) is 13.0 Å². The van der Waals surface area contributed by atoms with E-state index in [1.165, 1.54) is 12.3 Å². The zero-order chi connectivity index (χ0) is 21.8. The van der Waals surface area contributed by atoms with Crippen molar-refractivity contribution < 1.29 is 31.5 Å². The normalized spacial score (nSPS) is 12.3. The van der Waals surface area contributed by atoms with E-state index in [9.17, 15) is 22.0 Å². The predicted octanol–water partition coefficient (Wildman–Crippen LogP) is 2.94. The summed E-state index contributed by atoms with van der Waals surface area (Å²) in [6.07, 6.45) is 1.96. The summed E-state index contributed by atoms with van der Waals surface area (Å²) in [5.41, 5.74) is -0.789. The number of ether oxygens (including phenoxy) is 2. The van der Waals surface area contributed by atoms with Crippen LogP contribution in [0.4, 0.5) is 14.6 Å². The van der Waals surface area contributed by atoms with Crippen LogP contribution in [-0.4, -0.2) is 45.3 Å². The first-order valence-electron chi connectivity index (χ1n) is 8.10. The molecule has 0 radical (unpaired) electrons. The van der Waals surface area contributed by atoms with Crippen LogP contribution in [0.25, 0.3) is 0 Å². The Morgan fingerprint density at radius 3 is 2.55 bits per heavy atom. The summed E-state index contributed by atoms with van der Waals surface area (Å²) in [4.78, 5) is 15.8. The summed E-state index contributed by atoms with van der Waals surface area (Å²) in [5.74, 6) is -3.73.